The molecule has 1 aliphatic heterocycles. The van der Waals surface area contributed by atoms with Crippen LogP contribution in [0.15, 0.2) is 12.1 Å². The summed E-state index contributed by atoms with van der Waals surface area (Å²) in [5.41, 5.74) is 1.54. The summed E-state index contributed by atoms with van der Waals surface area (Å²) in [7, 11) is 0. The number of benzene rings is 1. The van der Waals surface area contributed by atoms with E-state index in [0.717, 1.165) is 37.2 Å². The molecule has 2 N–H and O–H groups in total. The number of anilines is 1. The van der Waals surface area contributed by atoms with Gasteiger partial charge in [-0.3, -0.25) is 10.1 Å². The molecule has 1 saturated heterocycles. The van der Waals surface area contributed by atoms with Crippen molar-refractivity contribution in [2.75, 3.05) is 31.6 Å². The second-order valence-corrected chi connectivity index (χ2v) is 5.53. The molecule has 0 atom stereocenters. The first kappa shape index (κ1) is 16.0. The van der Waals surface area contributed by atoms with Crippen LogP contribution in [0, 0.1) is 17.0 Å². The molecule has 0 spiro atoms. The molecule has 1 aromatic rings. The van der Waals surface area contributed by atoms with Crippen LogP contribution in [0.3, 0.4) is 0 Å². The molecule has 116 valence electrons. The van der Waals surface area contributed by atoms with Gasteiger partial charge in [-0.05, 0) is 44.5 Å². The summed E-state index contributed by atoms with van der Waals surface area (Å²) in [5, 5.41) is 17.4. The number of nitro benzene ring substituents is 1. The van der Waals surface area contributed by atoms with Crippen LogP contribution < -0.4 is 10.6 Å². The molecule has 0 saturated carbocycles. The van der Waals surface area contributed by atoms with Gasteiger partial charge in [-0.25, -0.2) is 0 Å². The van der Waals surface area contributed by atoms with Crippen LogP contribution in [0.25, 0.3) is 0 Å². The van der Waals surface area contributed by atoms with E-state index in [9.17, 15) is 10.1 Å². The Kier molecular flexibility index (Phi) is 5.78. The first-order valence-electron chi connectivity index (χ1n) is 7.08. The molecule has 0 aliphatic carbocycles. The van der Waals surface area contributed by atoms with Gasteiger partial charge < -0.3 is 15.4 Å². The second kappa shape index (κ2) is 7.59. The van der Waals surface area contributed by atoms with Crippen molar-refractivity contribution in [1.82, 2.24) is 5.32 Å². The van der Waals surface area contributed by atoms with Crippen LogP contribution in [0.4, 0.5) is 11.4 Å². The van der Waals surface area contributed by atoms with E-state index < -0.39 is 4.92 Å². The number of aryl methyl sites for hydroxylation is 1. The number of nitrogens with one attached hydrogen (secondary N) is 2. The minimum Gasteiger partial charge on any atom is -0.382 e. The smallest absolute Gasteiger partial charge is 0.288 e. The molecule has 1 aliphatic rings. The van der Waals surface area contributed by atoms with Crippen molar-refractivity contribution in [3.63, 3.8) is 0 Å². The van der Waals surface area contributed by atoms with Crippen molar-refractivity contribution in [3.05, 3.63) is 32.8 Å². The minimum absolute atomic E-state index is 0.0642. The number of piperidine rings is 1. The highest BCUT2D eigenvalue weighted by Crippen LogP contribution is 2.30. The average Bonchev–Trinajstić information content (AvgIpc) is 2.47. The fraction of sp³-hybridized carbons (Fsp3) is 0.571. The largest absolute Gasteiger partial charge is 0.382 e. The van der Waals surface area contributed by atoms with Gasteiger partial charge in [0.15, 0.2) is 0 Å². The summed E-state index contributed by atoms with van der Waals surface area (Å²) < 4.78 is 5.79. The predicted molar refractivity (Wildman–Crippen MR) is 83.2 cm³/mol. The monoisotopic (exact) mass is 313 g/mol. The molecule has 0 aromatic heterocycles. The highest BCUT2D eigenvalue weighted by Gasteiger charge is 2.15. The van der Waals surface area contributed by atoms with E-state index in [4.69, 9.17) is 16.3 Å². The number of hydrogen-bond acceptors (Lipinski definition) is 5. The molecular weight excluding hydrogens is 294 g/mol. The van der Waals surface area contributed by atoms with Gasteiger partial charge in [0, 0.05) is 18.3 Å². The number of nitrogens with zero attached hydrogens (tertiary/aromatic N) is 1. The first-order valence-corrected chi connectivity index (χ1v) is 7.46. The van der Waals surface area contributed by atoms with Gasteiger partial charge >= 0.3 is 0 Å². The van der Waals surface area contributed by atoms with Gasteiger partial charge in [0.05, 0.1) is 17.6 Å². The highest BCUT2D eigenvalue weighted by molar-refractivity contribution is 6.33. The highest BCUT2D eigenvalue weighted by atomic mass is 35.5. The van der Waals surface area contributed by atoms with E-state index in [-0.39, 0.29) is 10.7 Å². The van der Waals surface area contributed by atoms with Gasteiger partial charge in [-0.2, -0.15) is 0 Å². The van der Waals surface area contributed by atoms with Crippen LogP contribution in [-0.2, 0) is 4.74 Å². The Hall–Kier alpha value is -1.37. The van der Waals surface area contributed by atoms with Gasteiger partial charge in [0.25, 0.3) is 5.69 Å². The third kappa shape index (κ3) is 4.56. The Balaban J connectivity index is 1.82. The average molecular weight is 314 g/mol. The van der Waals surface area contributed by atoms with Gasteiger partial charge in [0.1, 0.15) is 5.02 Å². The summed E-state index contributed by atoms with van der Waals surface area (Å²) in [4.78, 5) is 10.3. The van der Waals surface area contributed by atoms with E-state index in [1.807, 2.05) is 6.92 Å². The Morgan fingerprint density at radius 3 is 2.86 bits per heavy atom. The van der Waals surface area contributed by atoms with Crippen molar-refractivity contribution in [2.45, 2.75) is 25.9 Å². The Labute approximate surface area is 129 Å². The molecule has 0 radical (unpaired) electrons. The van der Waals surface area contributed by atoms with Crippen molar-refractivity contribution in [1.29, 1.82) is 0 Å². The molecule has 1 heterocycles. The number of halogens is 1. The quantitative estimate of drug-likeness (QED) is 0.480. The molecular formula is C14H20ClN3O3. The van der Waals surface area contributed by atoms with Crippen LogP contribution in [0.1, 0.15) is 18.4 Å². The molecule has 2 rings (SSSR count). The maximum absolute atomic E-state index is 10.8. The number of nitro groups is 1. The fourth-order valence-corrected chi connectivity index (χ4v) is 2.60. The van der Waals surface area contributed by atoms with Crippen molar-refractivity contribution < 1.29 is 9.66 Å². The van der Waals surface area contributed by atoms with E-state index in [0.29, 0.717) is 19.3 Å². The lowest BCUT2D eigenvalue weighted by Gasteiger charge is -2.23. The van der Waals surface area contributed by atoms with Gasteiger partial charge in [0.2, 0.25) is 0 Å². The van der Waals surface area contributed by atoms with Gasteiger partial charge in [-0.15, -0.1) is 0 Å². The van der Waals surface area contributed by atoms with Crippen LogP contribution in [0.5, 0.6) is 0 Å². The van der Waals surface area contributed by atoms with Crippen LogP contribution >= 0.6 is 11.6 Å². The lowest BCUT2D eigenvalue weighted by atomic mass is 10.1. The van der Waals surface area contributed by atoms with E-state index in [1.54, 1.807) is 6.07 Å². The van der Waals surface area contributed by atoms with Crippen molar-refractivity contribution >= 4 is 23.0 Å². The molecule has 0 unspecified atom stereocenters. The fourth-order valence-electron chi connectivity index (χ4n) is 2.37. The van der Waals surface area contributed by atoms with Crippen molar-refractivity contribution in [2.24, 2.45) is 0 Å². The topological polar surface area (TPSA) is 76.4 Å². The minimum atomic E-state index is -0.473. The summed E-state index contributed by atoms with van der Waals surface area (Å²) in [5.74, 6) is 0. The zero-order valence-electron chi connectivity index (χ0n) is 12.0. The summed E-state index contributed by atoms with van der Waals surface area (Å²) in [6.07, 6.45) is 2.42. The van der Waals surface area contributed by atoms with E-state index >= 15 is 0 Å². The van der Waals surface area contributed by atoms with Crippen molar-refractivity contribution in [3.8, 4) is 0 Å². The first-order chi connectivity index (χ1) is 10.1. The maximum Gasteiger partial charge on any atom is 0.288 e. The summed E-state index contributed by atoms with van der Waals surface area (Å²) in [6.45, 7) is 5.10. The molecule has 7 heteroatoms. The number of ether oxygens (including phenoxy) is 1. The summed E-state index contributed by atoms with van der Waals surface area (Å²) in [6, 6.07) is 3.08. The SMILES string of the molecule is Cc1cc([N+](=O)[O-])c(Cl)cc1NCCOC1CCNCC1. The molecule has 1 fully saturated rings. The molecule has 1 aromatic carbocycles. The lowest BCUT2D eigenvalue weighted by molar-refractivity contribution is -0.384. The zero-order valence-corrected chi connectivity index (χ0v) is 12.8. The standard InChI is InChI=1S/C14H20ClN3O3/c1-10-8-14(18(19)20)12(15)9-13(10)17-6-7-21-11-2-4-16-5-3-11/h8-9,11,16-17H,2-7H2,1H3. The molecule has 6 nitrogen and oxygen atoms in total. The lowest BCUT2D eigenvalue weighted by Crippen LogP contribution is -2.33. The number of hydrogen-bond donors (Lipinski definition) is 2. The number of rotatable bonds is 6. The molecule has 0 bridgehead atoms. The second-order valence-electron chi connectivity index (χ2n) is 5.12. The third-order valence-electron chi connectivity index (χ3n) is 3.55. The van der Waals surface area contributed by atoms with Gasteiger partial charge in [-0.1, -0.05) is 11.6 Å². The summed E-state index contributed by atoms with van der Waals surface area (Å²) >= 11 is 5.91. The van der Waals surface area contributed by atoms with E-state index in [1.165, 1.54) is 6.07 Å². The Morgan fingerprint density at radius 1 is 1.48 bits per heavy atom. The molecule has 0 amide bonds. The third-order valence-corrected chi connectivity index (χ3v) is 3.85. The van der Waals surface area contributed by atoms with Crippen LogP contribution in [0.2, 0.25) is 5.02 Å². The zero-order chi connectivity index (χ0) is 15.2. The predicted octanol–water partition coefficient (Wildman–Crippen LogP) is 2.74. The maximum atomic E-state index is 10.8. The molecule has 21 heavy (non-hydrogen) atoms. The van der Waals surface area contributed by atoms with E-state index in [2.05, 4.69) is 10.6 Å². The Bertz CT molecular complexity index is 504. The normalized spacial score (nSPS) is 15.9. The van der Waals surface area contributed by atoms with Crippen LogP contribution in [-0.4, -0.2) is 37.3 Å². The Morgan fingerprint density at radius 2 is 2.19 bits per heavy atom.